The second-order valence-corrected chi connectivity index (χ2v) is 8.41. The Labute approximate surface area is 175 Å². The average molecular weight is 409 g/mol. The van der Waals surface area contributed by atoms with Gasteiger partial charge in [-0.05, 0) is 37.0 Å². The largest absolute Gasteiger partial charge is 0.635 e. The number of carbonyl (C=O) groups excluding carboxylic acids is 1. The van der Waals surface area contributed by atoms with Crippen LogP contribution in [0.2, 0.25) is 0 Å². The van der Waals surface area contributed by atoms with E-state index in [0.29, 0.717) is 19.4 Å². The van der Waals surface area contributed by atoms with E-state index in [-0.39, 0.29) is 11.8 Å². The molecule has 0 aliphatic carbocycles. The Morgan fingerprint density at radius 1 is 1.20 bits per heavy atom. The maximum atomic E-state index is 13.4. The normalized spacial score (nSPS) is 29.1. The lowest BCUT2D eigenvalue weighted by molar-refractivity contribution is -0.154. The summed E-state index contributed by atoms with van der Waals surface area (Å²) >= 11 is 0. The van der Waals surface area contributed by atoms with Gasteiger partial charge < -0.3 is 29.5 Å². The molecule has 0 saturated carbocycles. The van der Waals surface area contributed by atoms with Crippen LogP contribution in [0.15, 0.2) is 48.5 Å². The number of amides is 1. The lowest BCUT2D eigenvalue weighted by Crippen LogP contribution is -2.50. The molecule has 1 amide bonds. The van der Waals surface area contributed by atoms with Crippen molar-refractivity contribution in [3.05, 3.63) is 65.2 Å². The monoisotopic (exact) mass is 409 g/mol. The number of benzene rings is 2. The number of rotatable bonds is 6. The van der Waals surface area contributed by atoms with Crippen LogP contribution in [-0.4, -0.2) is 36.1 Å². The van der Waals surface area contributed by atoms with Gasteiger partial charge in [-0.1, -0.05) is 42.5 Å². The second-order valence-electron chi connectivity index (χ2n) is 8.41. The fourth-order valence-corrected chi connectivity index (χ4v) is 5.10. The zero-order valence-electron chi connectivity index (χ0n) is 16.7. The molecule has 5 rings (SSSR count). The van der Waals surface area contributed by atoms with Crippen molar-refractivity contribution < 1.29 is 29.0 Å². The van der Waals surface area contributed by atoms with Gasteiger partial charge in [0, 0.05) is 17.9 Å². The van der Waals surface area contributed by atoms with Crippen LogP contribution in [0.5, 0.6) is 5.75 Å². The Kier molecular flexibility index (Phi) is 4.63. The molecule has 1 saturated heterocycles. The number of carbonyl (C=O) groups is 1. The maximum Gasteiger partial charge on any atom is 0.635 e. The van der Waals surface area contributed by atoms with Crippen molar-refractivity contribution in [3.63, 3.8) is 0 Å². The Morgan fingerprint density at radius 3 is 2.73 bits per heavy atom. The molecule has 0 radical (unpaired) electrons. The first-order valence-corrected chi connectivity index (χ1v) is 10.3. The van der Waals surface area contributed by atoms with Crippen LogP contribution in [0.1, 0.15) is 48.8 Å². The molecule has 8 heteroatoms. The van der Waals surface area contributed by atoms with Gasteiger partial charge in [-0.15, -0.1) is 0 Å². The van der Waals surface area contributed by atoms with Crippen LogP contribution in [0.4, 0.5) is 0 Å². The van der Waals surface area contributed by atoms with Crippen LogP contribution in [0, 0.1) is 0 Å². The lowest BCUT2D eigenvalue weighted by Gasteiger charge is -2.29. The predicted molar refractivity (Wildman–Crippen MR) is 108 cm³/mol. The smallest absolute Gasteiger partial charge is 0.493 e. The zero-order valence-corrected chi connectivity index (χ0v) is 16.7. The van der Waals surface area contributed by atoms with Gasteiger partial charge in [-0.3, -0.25) is 4.79 Å². The Bertz CT molecular complexity index is 984. The van der Waals surface area contributed by atoms with Gasteiger partial charge in [0.1, 0.15) is 12.0 Å². The van der Waals surface area contributed by atoms with Gasteiger partial charge in [-0.2, -0.15) is 0 Å². The average Bonchev–Trinajstić information content (AvgIpc) is 3.37. The Balaban J connectivity index is 1.38. The highest BCUT2D eigenvalue weighted by Gasteiger charge is 2.61. The highest BCUT2D eigenvalue weighted by Crippen LogP contribution is 2.58. The summed E-state index contributed by atoms with van der Waals surface area (Å²) in [5.41, 5.74) is 1.34. The van der Waals surface area contributed by atoms with Crippen molar-refractivity contribution in [2.24, 2.45) is 0 Å². The minimum Gasteiger partial charge on any atom is -0.493 e. The van der Waals surface area contributed by atoms with Crippen LogP contribution >= 0.6 is 0 Å². The second kappa shape index (κ2) is 7.09. The molecule has 4 atom stereocenters. The fraction of sp³-hybridized carbons (Fsp3) is 0.409. The number of nitrogens with one attached hydrogen (secondary N) is 1. The first kappa shape index (κ1) is 19.6. The Hall–Kier alpha value is -2.39. The van der Waals surface area contributed by atoms with E-state index in [0.717, 1.165) is 28.9 Å². The summed E-state index contributed by atoms with van der Waals surface area (Å²) in [5, 5.41) is 21.7. The minimum atomic E-state index is -2.00. The summed E-state index contributed by atoms with van der Waals surface area (Å²) in [6.07, 6.45) is 0.746. The van der Waals surface area contributed by atoms with Crippen molar-refractivity contribution in [1.29, 1.82) is 0 Å². The van der Waals surface area contributed by atoms with Gasteiger partial charge in [0.2, 0.25) is 0 Å². The number of para-hydroxylation sites is 1. The molecule has 0 spiro atoms. The van der Waals surface area contributed by atoms with E-state index in [1.54, 1.807) is 0 Å². The van der Waals surface area contributed by atoms with E-state index in [4.69, 9.17) is 14.1 Å². The lowest BCUT2D eigenvalue weighted by atomic mass is 9.77. The van der Waals surface area contributed by atoms with Crippen molar-refractivity contribution in [2.45, 2.75) is 49.5 Å². The molecule has 3 aliphatic heterocycles. The molecule has 3 heterocycles. The first-order valence-electron chi connectivity index (χ1n) is 10.3. The number of hydrogen-bond donors (Lipinski definition) is 3. The zero-order chi connectivity index (χ0) is 20.9. The predicted octanol–water partition coefficient (Wildman–Crippen LogP) is 1.92. The third kappa shape index (κ3) is 3.03. The first-order chi connectivity index (χ1) is 14.4. The molecule has 3 N–H and O–H groups in total. The molecular weight excluding hydrogens is 385 g/mol. The summed E-state index contributed by atoms with van der Waals surface area (Å²) in [6, 6.07) is 15.5. The third-order valence-electron chi connectivity index (χ3n) is 6.53. The third-order valence-corrected chi connectivity index (χ3v) is 6.53. The van der Waals surface area contributed by atoms with Gasteiger partial charge >= 0.3 is 7.32 Å². The highest BCUT2D eigenvalue weighted by atomic mass is 16.6. The molecule has 3 aliphatic rings. The van der Waals surface area contributed by atoms with E-state index in [9.17, 15) is 14.8 Å². The van der Waals surface area contributed by atoms with Crippen LogP contribution in [-0.2, 0) is 25.4 Å². The van der Waals surface area contributed by atoms with Crippen LogP contribution in [0.3, 0.4) is 0 Å². The molecule has 2 aromatic carbocycles. The topological polar surface area (TPSA) is 97.3 Å². The van der Waals surface area contributed by atoms with E-state index in [1.165, 1.54) is 0 Å². The minimum absolute atomic E-state index is 0.0339. The number of fused-ring (bicyclic) bond motifs is 6. The molecule has 156 valence electrons. The molecule has 2 aromatic rings. The van der Waals surface area contributed by atoms with E-state index in [1.807, 2.05) is 55.5 Å². The van der Waals surface area contributed by atoms with Gasteiger partial charge in [0.25, 0.3) is 5.91 Å². The van der Waals surface area contributed by atoms with E-state index >= 15 is 0 Å². The number of hydrogen-bond acceptors (Lipinski definition) is 6. The molecule has 7 nitrogen and oxygen atoms in total. The van der Waals surface area contributed by atoms with Crippen molar-refractivity contribution in [2.75, 3.05) is 6.61 Å². The molecule has 0 unspecified atom stereocenters. The van der Waals surface area contributed by atoms with Crippen LogP contribution in [0.25, 0.3) is 0 Å². The van der Waals surface area contributed by atoms with Gasteiger partial charge in [0.15, 0.2) is 5.60 Å². The maximum absolute atomic E-state index is 13.4. The van der Waals surface area contributed by atoms with Gasteiger partial charge in [-0.25, -0.2) is 0 Å². The quantitative estimate of drug-likeness (QED) is 0.498. The molecule has 0 aromatic heterocycles. The molecule has 2 bridgehead atoms. The SMILES string of the molecule is C[C@@]12CC[C@@](C(=O)N[C@@H](C[C@@H]3COc4ccccc43)OB(O)O)(O1)c1ccccc12. The van der Waals surface area contributed by atoms with Crippen molar-refractivity contribution in [3.8, 4) is 5.75 Å². The summed E-state index contributed by atoms with van der Waals surface area (Å²) < 4.78 is 17.2. The highest BCUT2D eigenvalue weighted by molar-refractivity contribution is 6.32. The molecular formula is C22H24BNO6. The van der Waals surface area contributed by atoms with E-state index < -0.39 is 24.8 Å². The van der Waals surface area contributed by atoms with Gasteiger partial charge in [0.05, 0.1) is 12.2 Å². The number of ether oxygens (including phenoxy) is 2. The fourth-order valence-electron chi connectivity index (χ4n) is 5.10. The summed E-state index contributed by atoms with van der Waals surface area (Å²) in [4.78, 5) is 13.4. The molecule has 1 fully saturated rings. The summed E-state index contributed by atoms with van der Waals surface area (Å²) in [7, 11) is -2.00. The summed E-state index contributed by atoms with van der Waals surface area (Å²) in [5.74, 6) is 0.442. The summed E-state index contributed by atoms with van der Waals surface area (Å²) in [6.45, 7) is 2.45. The standard InChI is InChI=1S/C22H24BNO6/c1-21-10-11-22(30-21,17-8-4-3-7-16(17)21)20(25)24-19(29-23(26)27)12-14-13-28-18-9-5-2-6-15(14)18/h2-9,14,19,26-27H,10-13H2,1H3,(H,24,25)/t14-,19-,21+,22-/m1/s1. The van der Waals surface area contributed by atoms with E-state index in [2.05, 4.69) is 5.32 Å². The Morgan fingerprint density at radius 2 is 1.93 bits per heavy atom. The van der Waals surface area contributed by atoms with Crippen LogP contribution < -0.4 is 10.1 Å². The molecule has 30 heavy (non-hydrogen) atoms. The van der Waals surface area contributed by atoms with Crippen molar-refractivity contribution in [1.82, 2.24) is 5.32 Å². The van der Waals surface area contributed by atoms with Crippen molar-refractivity contribution >= 4 is 13.2 Å².